The number of benzene rings is 2. The zero-order valence-electron chi connectivity index (χ0n) is 12.0. The van der Waals surface area contributed by atoms with Crippen molar-refractivity contribution in [2.75, 3.05) is 0 Å². The lowest BCUT2D eigenvalue weighted by Gasteiger charge is -2.07. The molecule has 24 heavy (non-hydrogen) atoms. The summed E-state index contributed by atoms with van der Waals surface area (Å²) < 4.78 is 2.72. The predicted molar refractivity (Wildman–Crippen MR) is 101 cm³/mol. The summed E-state index contributed by atoms with van der Waals surface area (Å²) in [4.78, 5) is 23.4. The Kier molecular flexibility index (Phi) is 4.70. The molecule has 8 heteroatoms. The minimum absolute atomic E-state index is 0.00447. The van der Waals surface area contributed by atoms with Gasteiger partial charge in [-0.15, -0.1) is 11.3 Å². The zero-order valence-corrected chi connectivity index (χ0v) is 15.2. The second kappa shape index (κ2) is 6.76. The summed E-state index contributed by atoms with van der Waals surface area (Å²) in [6, 6.07) is 14.8. The lowest BCUT2D eigenvalue weighted by Crippen LogP contribution is -2.17. The molecule has 0 radical (unpaired) electrons. The molecule has 3 aromatic rings. The highest BCUT2D eigenvalue weighted by Gasteiger charge is 2.09. The minimum Gasteiger partial charge on any atom is -0.269 e. The van der Waals surface area contributed by atoms with E-state index < -0.39 is 4.92 Å². The Balaban J connectivity index is 2.09. The molecule has 0 amide bonds. The first-order valence-corrected chi connectivity index (χ1v) is 8.75. The van der Waals surface area contributed by atoms with Gasteiger partial charge >= 0.3 is 0 Å². The standard InChI is InChI=1S/C16H9BrN2O3S2/c17-11-2-1-3-13(8-11)18-15(20)9-14(24-16(18)23)10-4-6-12(7-5-10)19(21)22/h1-9H. The maximum Gasteiger partial charge on any atom is 0.269 e. The maximum atomic E-state index is 12.5. The van der Waals surface area contributed by atoms with Crippen molar-refractivity contribution in [2.24, 2.45) is 0 Å². The van der Waals surface area contributed by atoms with Crippen LogP contribution in [0.5, 0.6) is 0 Å². The van der Waals surface area contributed by atoms with E-state index in [1.165, 1.54) is 34.1 Å². The van der Waals surface area contributed by atoms with Crippen molar-refractivity contribution in [3.05, 3.63) is 83.5 Å². The second-order valence-electron chi connectivity index (χ2n) is 4.83. The number of rotatable bonds is 3. The van der Waals surface area contributed by atoms with Crippen LogP contribution in [0.25, 0.3) is 16.1 Å². The Morgan fingerprint density at radius 2 is 1.83 bits per heavy atom. The van der Waals surface area contributed by atoms with E-state index in [1.54, 1.807) is 18.2 Å². The van der Waals surface area contributed by atoms with Crippen LogP contribution in [-0.4, -0.2) is 9.49 Å². The number of halogens is 1. The van der Waals surface area contributed by atoms with Gasteiger partial charge in [-0.25, -0.2) is 0 Å². The molecule has 1 aromatic heterocycles. The van der Waals surface area contributed by atoms with Crippen molar-refractivity contribution in [3.8, 4) is 16.1 Å². The van der Waals surface area contributed by atoms with Gasteiger partial charge < -0.3 is 0 Å². The van der Waals surface area contributed by atoms with E-state index >= 15 is 0 Å². The molecule has 0 N–H and O–H groups in total. The third-order valence-electron chi connectivity index (χ3n) is 3.28. The molecule has 0 saturated carbocycles. The van der Waals surface area contributed by atoms with Gasteiger partial charge in [-0.3, -0.25) is 19.5 Å². The van der Waals surface area contributed by atoms with Crippen LogP contribution in [0.3, 0.4) is 0 Å². The first-order valence-electron chi connectivity index (χ1n) is 6.74. The van der Waals surface area contributed by atoms with Crippen LogP contribution in [-0.2, 0) is 0 Å². The summed E-state index contributed by atoms with van der Waals surface area (Å²) in [6.07, 6.45) is 0. The molecule has 0 atom stereocenters. The number of non-ortho nitro benzene ring substituents is 1. The molecule has 0 bridgehead atoms. The number of aromatic nitrogens is 1. The Labute approximate surface area is 154 Å². The summed E-state index contributed by atoms with van der Waals surface area (Å²) in [5, 5.41) is 10.7. The molecule has 0 saturated heterocycles. The summed E-state index contributed by atoms with van der Waals surface area (Å²) in [5.41, 5.74) is 1.16. The first-order chi connectivity index (χ1) is 11.5. The van der Waals surface area contributed by atoms with Crippen LogP contribution in [0, 0.1) is 14.1 Å². The Bertz CT molecular complexity index is 1010. The largest absolute Gasteiger partial charge is 0.269 e. The first kappa shape index (κ1) is 16.7. The normalized spacial score (nSPS) is 10.5. The average Bonchev–Trinajstić information content (AvgIpc) is 2.54. The molecule has 5 nitrogen and oxygen atoms in total. The minimum atomic E-state index is -0.461. The number of nitrogens with zero attached hydrogens (tertiary/aromatic N) is 2. The molecule has 0 aliphatic carbocycles. The highest BCUT2D eigenvalue weighted by atomic mass is 79.9. The van der Waals surface area contributed by atoms with Gasteiger partial charge in [-0.1, -0.05) is 22.0 Å². The number of nitro benzene ring substituents is 1. The van der Waals surface area contributed by atoms with Gasteiger partial charge in [0.15, 0.2) is 3.95 Å². The van der Waals surface area contributed by atoms with Gasteiger partial charge in [0.05, 0.1) is 10.6 Å². The smallest absolute Gasteiger partial charge is 0.269 e. The lowest BCUT2D eigenvalue weighted by atomic mass is 10.2. The van der Waals surface area contributed by atoms with Gasteiger partial charge in [-0.05, 0) is 48.1 Å². The average molecular weight is 421 g/mol. The highest BCUT2D eigenvalue weighted by Crippen LogP contribution is 2.26. The Hall–Kier alpha value is -2.16. The molecule has 3 rings (SSSR count). The number of nitro groups is 1. The molecule has 0 fully saturated rings. The Morgan fingerprint density at radius 1 is 1.12 bits per heavy atom. The van der Waals surface area contributed by atoms with Crippen LogP contribution in [0.2, 0.25) is 0 Å². The monoisotopic (exact) mass is 420 g/mol. The van der Waals surface area contributed by atoms with E-state index in [9.17, 15) is 14.9 Å². The SMILES string of the molecule is O=c1cc(-c2ccc([N+](=O)[O-])cc2)sc(=S)n1-c1cccc(Br)c1. The maximum absolute atomic E-state index is 12.5. The topological polar surface area (TPSA) is 65.1 Å². The fourth-order valence-corrected chi connectivity index (χ4v) is 3.91. The van der Waals surface area contributed by atoms with E-state index in [2.05, 4.69) is 15.9 Å². The van der Waals surface area contributed by atoms with Crippen molar-refractivity contribution in [3.63, 3.8) is 0 Å². The van der Waals surface area contributed by atoms with Gasteiger partial charge in [0, 0.05) is 27.5 Å². The van der Waals surface area contributed by atoms with E-state index in [0.717, 1.165) is 10.0 Å². The third-order valence-corrected chi connectivity index (χ3v) is 5.14. The van der Waals surface area contributed by atoms with Gasteiger partial charge in [0.25, 0.3) is 11.2 Å². The molecular formula is C16H9BrN2O3S2. The number of hydrogen-bond donors (Lipinski definition) is 0. The fourth-order valence-electron chi connectivity index (χ4n) is 2.17. The van der Waals surface area contributed by atoms with Crippen LogP contribution >= 0.6 is 39.5 Å². The third kappa shape index (κ3) is 3.35. The van der Waals surface area contributed by atoms with Crippen LogP contribution in [0.1, 0.15) is 0 Å². The quantitative estimate of drug-likeness (QED) is 0.341. The van der Waals surface area contributed by atoms with Crippen molar-refractivity contribution >= 4 is 45.2 Å². The van der Waals surface area contributed by atoms with Gasteiger partial charge in [0.1, 0.15) is 0 Å². The summed E-state index contributed by atoms with van der Waals surface area (Å²) in [5.74, 6) is 0. The molecule has 120 valence electrons. The van der Waals surface area contributed by atoms with Crippen LogP contribution < -0.4 is 5.56 Å². The Morgan fingerprint density at radius 3 is 2.42 bits per heavy atom. The summed E-state index contributed by atoms with van der Waals surface area (Å²) >= 11 is 10.0. The molecule has 0 unspecified atom stereocenters. The predicted octanol–water partition coefficient (Wildman–Crippen LogP) is 4.97. The van der Waals surface area contributed by atoms with Crippen LogP contribution in [0.4, 0.5) is 5.69 Å². The van der Waals surface area contributed by atoms with E-state index in [4.69, 9.17) is 12.2 Å². The highest BCUT2D eigenvalue weighted by molar-refractivity contribution is 9.10. The van der Waals surface area contributed by atoms with E-state index in [0.29, 0.717) is 14.5 Å². The van der Waals surface area contributed by atoms with E-state index in [1.807, 2.05) is 18.2 Å². The van der Waals surface area contributed by atoms with Gasteiger partial charge in [-0.2, -0.15) is 0 Å². The molecule has 0 spiro atoms. The van der Waals surface area contributed by atoms with Crippen molar-refractivity contribution in [1.82, 2.24) is 4.57 Å². The molecule has 2 aromatic carbocycles. The van der Waals surface area contributed by atoms with Crippen molar-refractivity contribution in [1.29, 1.82) is 0 Å². The van der Waals surface area contributed by atoms with Crippen molar-refractivity contribution < 1.29 is 4.92 Å². The summed E-state index contributed by atoms with van der Waals surface area (Å²) in [6.45, 7) is 0. The molecule has 0 aliphatic heterocycles. The van der Waals surface area contributed by atoms with Crippen molar-refractivity contribution in [2.45, 2.75) is 0 Å². The molecule has 0 aliphatic rings. The number of hydrogen-bond acceptors (Lipinski definition) is 5. The molecular weight excluding hydrogens is 412 g/mol. The second-order valence-corrected chi connectivity index (χ2v) is 7.43. The molecule has 1 heterocycles. The van der Waals surface area contributed by atoms with E-state index in [-0.39, 0.29) is 11.2 Å². The summed E-state index contributed by atoms with van der Waals surface area (Å²) in [7, 11) is 0. The fraction of sp³-hybridized carbons (Fsp3) is 0. The zero-order chi connectivity index (χ0) is 17.3. The van der Waals surface area contributed by atoms with Gasteiger partial charge in [0.2, 0.25) is 0 Å². The van der Waals surface area contributed by atoms with Crippen LogP contribution in [0.15, 0.2) is 63.9 Å². The lowest BCUT2D eigenvalue weighted by molar-refractivity contribution is -0.384.